The number of benzene rings is 2. The van der Waals surface area contributed by atoms with Crippen LogP contribution < -0.4 is 4.72 Å². The Morgan fingerprint density at radius 2 is 1.95 bits per heavy atom. The summed E-state index contributed by atoms with van der Waals surface area (Å²) in [5, 5.41) is 0. The van der Waals surface area contributed by atoms with Crippen molar-refractivity contribution in [2.75, 3.05) is 4.72 Å². The highest BCUT2D eigenvalue weighted by atomic mass is 32.2. The Kier molecular flexibility index (Phi) is 3.33. The summed E-state index contributed by atoms with van der Waals surface area (Å²) in [5.41, 5.74) is 1.93. The molecule has 1 N–H and O–H groups in total. The minimum absolute atomic E-state index is 0.0971. The molecule has 104 valence electrons. The van der Waals surface area contributed by atoms with Gasteiger partial charge in [-0.1, -0.05) is 18.1 Å². The third kappa shape index (κ3) is 2.59. The van der Waals surface area contributed by atoms with Crippen LogP contribution in [0.1, 0.15) is 5.56 Å². The molecule has 0 unspecified atom stereocenters. The Hall–Kier alpha value is -2.43. The van der Waals surface area contributed by atoms with Crippen LogP contribution in [-0.2, 0) is 10.0 Å². The van der Waals surface area contributed by atoms with Crippen LogP contribution in [0.25, 0.3) is 11.0 Å². The van der Waals surface area contributed by atoms with Crippen LogP contribution in [0.5, 0.6) is 0 Å². The van der Waals surface area contributed by atoms with Crippen molar-refractivity contribution in [3.63, 3.8) is 0 Å². The van der Waals surface area contributed by atoms with Gasteiger partial charge in [-0.25, -0.2) is 8.42 Å². The average molecular weight is 315 g/mol. The molecule has 0 amide bonds. The molecule has 0 aliphatic rings. The predicted molar refractivity (Wildman–Crippen MR) is 82.6 cm³/mol. The first-order valence-electron chi connectivity index (χ1n) is 5.91. The SMILES string of the molecule is C#Cc1cccc(NS(=O)(=O)c2cccc3nsnc23)c1. The normalized spacial score (nSPS) is 11.2. The fourth-order valence-electron chi connectivity index (χ4n) is 1.88. The van der Waals surface area contributed by atoms with Crippen molar-refractivity contribution in [1.82, 2.24) is 8.75 Å². The summed E-state index contributed by atoms with van der Waals surface area (Å²) in [6.07, 6.45) is 5.31. The van der Waals surface area contributed by atoms with Crippen LogP contribution in [0, 0.1) is 12.3 Å². The highest BCUT2D eigenvalue weighted by molar-refractivity contribution is 7.93. The van der Waals surface area contributed by atoms with Crippen LogP contribution in [0.2, 0.25) is 0 Å². The van der Waals surface area contributed by atoms with Crippen LogP contribution in [0.15, 0.2) is 47.4 Å². The molecule has 3 aromatic rings. The number of nitrogens with zero attached hydrogens (tertiary/aromatic N) is 2. The fourth-order valence-corrected chi connectivity index (χ4v) is 3.70. The number of terminal acetylenes is 1. The Labute approximate surface area is 126 Å². The van der Waals surface area contributed by atoms with Crippen molar-refractivity contribution in [1.29, 1.82) is 0 Å². The van der Waals surface area contributed by atoms with Crippen LogP contribution in [-0.4, -0.2) is 17.2 Å². The molecule has 1 aromatic heterocycles. The van der Waals surface area contributed by atoms with Gasteiger partial charge >= 0.3 is 0 Å². The van der Waals surface area contributed by atoms with Crippen molar-refractivity contribution >= 4 is 38.5 Å². The number of anilines is 1. The molecule has 0 atom stereocenters. The van der Waals surface area contributed by atoms with Gasteiger partial charge in [0.2, 0.25) is 0 Å². The standard InChI is InChI=1S/C14H9N3O2S2/c1-2-10-5-3-6-11(9-10)17-21(18,19)13-8-4-7-12-14(13)16-20-15-12/h1,3-9,17H. The minimum atomic E-state index is -3.75. The van der Waals surface area contributed by atoms with Gasteiger partial charge in [-0.15, -0.1) is 6.42 Å². The van der Waals surface area contributed by atoms with Gasteiger partial charge in [0.25, 0.3) is 10.0 Å². The number of nitrogens with one attached hydrogen (secondary N) is 1. The second-order valence-electron chi connectivity index (χ2n) is 4.22. The summed E-state index contributed by atoms with van der Waals surface area (Å²) in [7, 11) is -3.75. The molecular formula is C14H9N3O2S2. The highest BCUT2D eigenvalue weighted by Crippen LogP contribution is 2.23. The minimum Gasteiger partial charge on any atom is -0.280 e. The first-order valence-corrected chi connectivity index (χ1v) is 8.12. The molecule has 0 saturated heterocycles. The van der Waals surface area contributed by atoms with Crippen molar-refractivity contribution in [2.24, 2.45) is 0 Å². The summed E-state index contributed by atoms with van der Waals surface area (Å²) in [6, 6.07) is 11.5. The Morgan fingerprint density at radius 3 is 2.76 bits per heavy atom. The summed E-state index contributed by atoms with van der Waals surface area (Å²) in [6.45, 7) is 0. The van der Waals surface area contributed by atoms with Crippen molar-refractivity contribution in [3.05, 3.63) is 48.0 Å². The zero-order chi connectivity index (χ0) is 14.9. The van der Waals surface area contributed by atoms with Gasteiger partial charge in [-0.05, 0) is 30.3 Å². The molecule has 7 heteroatoms. The molecule has 0 spiro atoms. The van der Waals surface area contributed by atoms with E-state index in [9.17, 15) is 8.42 Å². The fraction of sp³-hybridized carbons (Fsp3) is 0. The lowest BCUT2D eigenvalue weighted by Crippen LogP contribution is -2.13. The van der Waals surface area contributed by atoms with Crippen LogP contribution in [0.3, 0.4) is 0 Å². The second-order valence-corrected chi connectivity index (χ2v) is 6.40. The maximum Gasteiger partial charge on any atom is 0.264 e. The zero-order valence-electron chi connectivity index (χ0n) is 10.6. The van der Waals surface area contributed by atoms with Gasteiger partial charge in [0.1, 0.15) is 15.9 Å². The first kappa shape index (κ1) is 13.5. The number of fused-ring (bicyclic) bond motifs is 1. The van der Waals surface area contributed by atoms with E-state index in [0.29, 0.717) is 22.3 Å². The van der Waals surface area contributed by atoms with Crippen molar-refractivity contribution in [2.45, 2.75) is 4.90 Å². The molecule has 0 aliphatic heterocycles. The molecule has 1 heterocycles. The molecule has 3 rings (SSSR count). The average Bonchev–Trinajstić information content (AvgIpc) is 2.95. The van der Waals surface area contributed by atoms with Crippen molar-refractivity contribution in [3.8, 4) is 12.3 Å². The molecule has 0 radical (unpaired) electrons. The molecule has 0 aliphatic carbocycles. The summed E-state index contributed by atoms with van der Waals surface area (Å²) in [5.74, 6) is 2.46. The third-order valence-electron chi connectivity index (χ3n) is 2.82. The van der Waals surface area contributed by atoms with Gasteiger partial charge < -0.3 is 0 Å². The van der Waals surface area contributed by atoms with E-state index in [1.165, 1.54) is 6.07 Å². The maximum atomic E-state index is 12.5. The molecule has 0 saturated carbocycles. The van der Waals surface area contributed by atoms with E-state index in [1.54, 1.807) is 36.4 Å². The van der Waals surface area contributed by atoms with Crippen LogP contribution >= 0.6 is 11.7 Å². The number of hydrogen-bond acceptors (Lipinski definition) is 5. The van der Waals surface area contributed by atoms with E-state index in [-0.39, 0.29) is 4.90 Å². The third-order valence-corrected chi connectivity index (χ3v) is 4.78. The smallest absolute Gasteiger partial charge is 0.264 e. The Morgan fingerprint density at radius 1 is 1.14 bits per heavy atom. The molecule has 0 fully saturated rings. The van der Waals surface area contributed by atoms with Gasteiger partial charge in [0.05, 0.1) is 17.4 Å². The topological polar surface area (TPSA) is 72.0 Å². The van der Waals surface area contributed by atoms with E-state index < -0.39 is 10.0 Å². The number of hydrogen-bond donors (Lipinski definition) is 1. The Bertz CT molecular complexity index is 956. The van der Waals surface area contributed by atoms with E-state index >= 15 is 0 Å². The van der Waals surface area contributed by atoms with Crippen LogP contribution in [0.4, 0.5) is 5.69 Å². The Balaban J connectivity index is 2.05. The largest absolute Gasteiger partial charge is 0.280 e. The summed E-state index contributed by atoms with van der Waals surface area (Å²) in [4.78, 5) is 0.0971. The molecule has 21 heavy (non-hydrogen) atoms. The molecular weight excluding hydrogens is 306 g/mol. The maximum absolute atomic E-state index is 12.5. The lowest BCUT2D eigenvalue weighted by molar-refractivity contribution is 0.602. The quantitative estimate of drug-likeness (QED) is 0.754. The lowest BCUT2D eigenvalue weighted by Gasteiger charge is -2.08. The van der Waals surface area contributed by atoms with E-state index in [4.69, 9.17) is 6.42 Å². The lowest BCUT2D eigenvalue weighted by atomic mass is 10.2. The highest BCUT2D eigenvalue weighted by Gasteiger charge is 2.19. The predicted octanol–water partition coefficient (Wildman–Crippen LogP) is 2.47. The molecule has 2 aromatic carbocycles. The summed E-state index contributed by atoms with van der Waals surface area (Å²) < 4.78 is 35.6. The van der Waals surface area contributed by atoms with Gasteiger partial charge in [-0.3, -0.25) is 4.72 Å². The van der Waals surface area contributed by atoms with Gasteiger partial charge in [-0.2, -0.15) is 8.75 Å². The molecule has 0 bridgehead atoms. The van der Waals surface area contributed by atoms with E-state index in [1.807, 2.05) is 0 Å². The first-order chi connectivity index (χ1) is 10.1. The number of aromatic nitrogens is 2. The number of sulfonamides is 1. The summed E-state index contributed by atoms with van der Waals surface area (Å²) >= 11 is 0.977. The second kappa shape index (κ2) is 5.16. The van der Waals surface area contributed by atoms with Crippen molar-refractivity contribution < 1.29 is 8.42 Å². The zero-order valence-corrected chi connectivity index (χ0v) is 12.3. The van der Waals surface area contributed by atoms with Gasteiger partial charge in [0, 0.05) is 5.56 Å². The number of rotatable bonds is 3. The monoisotopic (exact) mass is 315 g/mol. The molecule has 5 nitrogen and oxygen atoms in total. The van der Waals surface area contributed by atoms with Gasteiger partial charge in [0.15, 0.2) is 0 Å². The van der Waals surface area contributed by atoms with E-state index in [0.717, 1.165) is 11.7 Å². The van der Waals surface area contributed by atoms with E-state index in [2.05, 4.69) is 19.4 Å².